The van der Waals surface area contributed by atoms with Crippen molar-refractivity contribution in [2.24, 2.45) is 0 Å². The number of hydrogen-bond donors (Lipinski definition) is 1. The van der Waals surface area contributed by atoms with E-state index in [4.69, 9.17) is 0 Å². The number of carbonyl (C=O) groups excluding carboxylic acids is 1. The first-order valence-electron chi connectivity index (χ1n) is 6.95. The normalized spacial score (nSPS) is 14.0. The third-order valence-electron chi connectivity index (χ3n) is 3.95. The van der Waals surface area contributed by atoms with Crippen LogP contribution in [-0.2, 0) is 0 Å². The maximum atomic E-state index is 12.4. The number of anilines is 2. The van der Waals surface area contributed by atoms with Crippen LogP contribution in [0.5, 0.6) is 0 Å². The first kappa shape index (κ1) is 13.4. The van der Waals surface area contributed by atoms with Crippen LogP contribution in [0.25, 0.3) is 5.70 Å². The van der Waals surface area contributed by atoms with E-state index in [0.717, 1.165) is 28.1 Å². The van der Waals surface area contributed by atoms with Crippen molar-refractivity contribution in [2.45, 2.75) is 20.8 Å². The number of rotatable bonds is 1. The molecular formula is C18H18N2O. The van der Waals surface area contributed by atoms with E-state index >= 15 is 0 Å². The molecule has 3 nitrogen and oxygen atoms in total. The number of nitrogens with one attached hydrogen (secondary N) is 1. The quantitative estimate of drug-likeness (QED) is 0.810. The summed E-state index contributed by atoms with van der Waals surface area (Å²) in [5, 5.41) is 2.95. The van der Waals surface area contributed by atoms with Gasteiger partial charge in [0.1, 0.15) is 0 Å². The van der Waals surface area contributed by atoms with Crippen LogP contribution in [0.4, 0.5) is 16.2 Å². The fraction of sp³-hybridized carbons (Fsp3) is 0.167. The summed E-state index contributed by atoms with van der Waals surface area (Å²) in [6, 6.07) is 11.8. The molecule has 0 atom stereocenters. The third kappa shape index (κ3) is 2.21. The van der Waals surface area contributed by atoms with Crippen molar-refractivity contribution >= 4 is 23.1 Å². The Hall–Kier alpha value is -2.55. The summed E-state index contributed by atoms with van der Waals surface area (Å²) in [6.07, 6.45) is 0. The van der Waals surface area contributed by atoms with E-state index in [9.17, 15) is 4.79 Å². The lowest BCUT2D eigenvalue weighted by atomic mass is 9.99. The van der Waals surface area contributed by atoms with Crippen molar-refractivity contribution < 1.29 is 4.79 Å². The molecule has 1 N–H and O–H groups in total. The van der Waals surface area contributed by atoms with Crippen LogP contribution < -0.4 is 10.2 Å². The largest absolute Gasteiger partial charge is 0.330 e. The van der Waals surface area contributed by atoms with Gasteiger partial charge in [-0.25, -0.2) is 4.79 Å². The summed E-state index contributed by atoms with van der Waals surface area (Å²) in [5.74, 6) is 0. The van der Waals surface area contributed by atoms with Crippen LogP contribution in [0, 0.1) is 20.8 Å². The zero-order valence-electron chi connectivity index (χ0n) is 12.5. The standard InChI is InChI=1S/C18H18N2O/c1-11-5-7-15(8-6-11)20-14(4)16-9-12(2)13(3)10-17(16)19-18(20)21/h5-10H,4H2,1-3H3,(H,19,21). The molecule has 0 aromatic heterocycles. The van der Waals surface area contributed by atoms with Gasteiger partial charge in [0.2, 0.25) is 0 Å². The molecule has 2 amide bonds. The van der Waals surface area contributed by atoms with Gasteiger partial charge in [-0.15, -0.1) is 0 Å². The fourth-order valence-electron chi connectivity index (χ4n) is 2.54. The Morgan fingerprint density at radius 1 is 1.00 bits per heavy atom. The van der Waals surface area contributed by atoms with Gasteiger partial charge >= 0.3 is 6.03 Å². The van der Waals surface area contributed by atoms with Gasteiger partial charge < -0.3 is 5.32 Å². The SMILES string of the molecule is C=C1c2cc(C)c(C)cc2NC(=O)N1c1ccc(C)cc1. The fourth-order valence-corrected chi connectivity index (χ4v) is 2.54. The summed E-state index contributed by atoms with van der Waals surface area (Å²) in [4.78, 5) is 14.0. The van der Waals surface area contributed by atoms with Crippen LogP contribution >= 0.6 is 0 Å². The summed E-state index contributed by atoms with van der Waals surface area (Å²) in [5.41, 5.74) is 6.84. The van der Waals surface area contributed by atoms with Crippen molar-refractivity contribution in [2.75, 3.05) is 10.2 Å². The molecular weight excluding hydrogens is 260 g/mol. The Labute approximate surface area is 124 Å². The zero-order chi connectivity index (χ0) is 15.1. The minimum absolute atomic E-state index is 0.167. The maximum Gasteiger partial charge on any atom is 0.330 e. The number of hydrogen-bond acceptors (Lipinski definition) is 1. The lowest BCUT2D eigenvalue weighted by Crippen LogP contribution is -2.37. The third-order valence-corrected chi connectivity index (χ3v) is 3.95. The van der Waals surface area contributed by atoms with Crippen molar-refractivity contribution in [3.63, 3.8) is 0 Å². The molecule has 0 bridgehead atoms. The second kappa shape index (κ2) is 4.77. The van der Waals surface area contributed by atoms with Crippen molar-refractivity contribution in [3.05, 3.63) is 65.2 Å². The van der Waals surface area contributed by atoms with Gasteiger partial charge in [0, 0.05) is 5.56 Å². The molecule has 0 saturated carbocycles. The second-order valence-corrected chi connectivity index (χ2v) is 5.53. The molecule has 21 heavy (non-hydrogen) atoms. The molecule has 3 rings (SSSR count). The van der Waals surface area contributed by atoms with Crippen molar-refractivity contribution in [3.8, 4) is 0 Å². The predicted molar refractivity (Wildman–Crippen MR) is 87.6 cm³/mol. The molecule has 1 aliphatic heterocycles. The Balaban J connectivity index is 2.09. The van der Waals surface area contributed by atoms with Crippen LogP contribution in [0.3, 0.4) is 0 Å². The number of nitrogens with zero attached hydrogens (tertiary/aromatic N) is 1. The molecule has 2 aromatic carbocycles. The molecule has 0 unspecified atom stereocenters. The van der Waals surface area contributed by atoms with Crippen LogP contribution in [0.1, 0.15) is 22.3 Å². The van der Waals surface area contributed by atoms with Crippen LogP contribution in [-0.4, -0.2) is 6.03 Å². The first-order chi connectivity index (χ1) is 9.97. The number of aryl methyl sites for hydroxylation is 3. The molecule has 1 heterocycles. The number of carbonyl (C=O) groups is 1. The lowest BCUT2D eigenvalue weighted by molar-refractivity contribution is 0.259. The number of urea groups is 1. The molecule has 0 aliphatic carbocycles. The smallest absolute Gasteiger partial charge is 0.307 e. The van der Waals surface area contributed by atoms with E-state index < -0.39 is 0 Å². The van der Waals surface area contributed by atoms with Crippen molar-refractivity contribution in [1.82, 2.24) is 0 Å². The summed E-state index contributed by atoms with van der Waals surface area (Å²) in [6.45, 7) is 10.2. The van der Waals surface area contributed by atoms with E-state index in [1.54, 1.807) is 4.90 Å². The first-order valence-corrected chi connectivity index (χ1v) is 6.95. The predicted octanol–water partition coefficient (Wildman–Crippen LogP) is 4.63. The molecule has 0 radical (unpaired) electrons. The minimum Gasteiger partial charge on any atom is -0.307 e. The number of amides is 2. The Morgan fingerprint density at radius 2 is 1.62 bits per heavy atom. The highest BCUT2D eigenvalue weighted by Crippen LogP contribution is 2.36. The molecule has 3 heteroatoms. The van der Waals surface area contributed by atoms with Gasteiger partial charge in [-0.1, -0.05) is 24.3 Å². The molecule has 0 saturated heterocycles. The van der Waals surface area contributed by atoms with Crippen LogP contribution in [0.2, 0.25) is 0 Å². The molecule has 0 spiro atoms. The Morgan fingerprint density at radius 3 is 2.29 bits per heavy atom. The summed E-state index contributed by atoms with van der Waals surface area (Å²) >= 11 is 0. The van der Waals surface area contributed by atoms with Gasteiger partial charge in [0.25, 0.3) is 0 Å². The summed E-state index contributed by atoms with van der Waals surface area (Å²) < 4.78 is 0. The maximum absolute atomic E-state index is 12.4. The lowest BCUT2D eigenvalue weighted by Gasteiger charge is -2.32. The van der Waals surface area contributed by atoms with Gasteiger partial charge in [-0.3, -0.25) is 4.90 Å². The van der Waals surface area contributed by atoms with E-state index in [1.807, 2.05) is 44.2 Å². The molecule has 2 aromatic rings. The highest BCUT2D eigenvalue weighted by Gasteiger charge is 2.27. The zero-order valence-corrected chi connectivity index (χ0v) is 12.5. The topological polar surface area (TPSA) is 32.3 Å². The van der Waals surface area contributed by atoms with Gasteiger partial charge in [-0.2, -0.15) is 0 Å². The summed E-state index contributed by atoms with van der Waals surface area (Å²) in [7, 11) is 0. The highest BCUT2D eigenvalue weighted by molar-refractivity contribution is 6.16. The van der Waals surface area contributed by atoms with Gasteiger partial charge in [0.05, 0.1) is 17.1 Å². The molecule has 0 fully saturated rings. The van der Waals surface area contributed by atoms with Gasteiger partial charge in [0.15, 0.2) is 0 Å². The Kier molecular flexibility index (Phi) is 3.05. The van der Waals surface area contributed by atoms with E-state index in [-0.39, 0.29) is 6.03 Å². The average molecular weight is 278 g/mol. The molecule has 1 aliphatic rings. The van der Waals surface area contributed by atoms with Gasteiger partial charge in [-0.05, 0) is 56.2 Å². The second-order valence-electron chi connectivity index (χ2n) is 5.53. The van der Waals surface area contributed by atoms with Crippen LogP contribution in [0.15, 0.2) is 43.0 Å². The van der Waals surface area contributed by atoms with E-state index in [2.05, 4.69) is 24.9 Å². The highest BCUT2D eigenvalue weighted by atomic mass is 16.2. The number of benzene rings is 2. The minimum atomic E-state index is -0.167. The van der Waals surface area contributed by atoms with E-state index in [1.165, 1.54) is 5.56 Å². The Bertz CT molecular complexity index is 745. The number of fused-ring (bicyclic) bond motifs is 1. The average Bonchev–Trinajstić information content (AvgIpc) is 2.43. The molecule has 106 valence electrons. The van der Waals surface area contributed by atoms with Crippen molar-refractivity contribution in [1.29, 1.82) is 0 Å². The monoisotopic (exact) mass is 278 g/mol. The van der Waals surface area contributed by atoms with E-state index in [0.29, 0.717) is 5.70 Å².